The largest absolute Gasteiger partial charge is 0.406 e. The summed E-state index contributed by atoms with van der Waals surface area (Å²) in [7, 11) is 0. The molecule has 1 atom stereocenters. The highest BCUT2D eigenvalue weighted by Crippen LogP contribution is 2.21. The zero-order valence-corrected chi connectivity index (χ0v) is 10.5. The number of nitrogens with zero attached hydrogens (tertiary/aromatic N) is 4. The van der Waals surface area contributed by atoms with Gasteiger partial charge in [0.05, 0.1) is 0 Å². The number of aromatic amines is 1. The van der Waals surface area contributed by atoms with Gasteiger partial charge in [-0.3, -0.25) is 0 Å². The van der Waals surface area contributed by atoms with Gasteiger partial charge in [0, 0.05) is 6.42 Å². The average molecular weight is 293 g/mol. The van der Waals surface area contributed by atoms with Crippen LogP contribution in [-0.2, 0) is 6.54 Å². The monoisotopic (exact) mass is 293 g/mol. The molecule has 2 heterocycles. The van der Waals surface area contributed by atoms with E-state index < -0.39 is 24.7 Å². The zero-order valence-electron chi connectivity index (χ0n) is 10.5. The maximum atomic E-state index is 13.2. The van der Waals surface area contributed by atoms with Crippen molar-refractivity contribution in [2.75, 3.05) is 5.73 Å². The van der Waals surface area contributed by atoms with Gasteiger partial charge in [-0.15, -0.1) is 20.0 Å². The van der Waals surface area contributed by atoms with Crippen LogP contribution in [0.5, 0.6) is 0 Å². The number of hydrogen-bond acceptors (Lipinski definition) is 3. The van der Waals surface area contributed by atoms with E-state index in [9.17, 15) is 17.6 Å². The first-order valence-electron chi connectivity index (χ1n) is 5.81. The molecule has 0 bridgehead atoms. The number of aromatic nitrogens is 5. The van der Waals surface area contributed by atoms with E-state index in [0.717, 1.165) is 10.9 Å². The van der Waals surface area contributed by atoms with Crippen molar-refractivity contribution >= 4 is 5.69 Å². The van der Waals surface area contributed by atoms with E-state index in [1.165, 1.54) is 10.9 Å². The standard InChI is InChI=1S/C10H12F4N6/c1-2-7(20-3-6(15)8(11)18-20)9-17-16-5-19(9)4-10(12,13)14/h3,5,7H,2,4,15H2,1H3/p+1/t7-/m0/s1. The Morgan fingerprint density at radius 3 is 2.70 bits per heavy atom. The van der Waals surface area contributed by atoms with Crippen molar-refractivity contribution in [1.29, 1.82) is 0 Å². The molecule has 3 N–H and O–H groups in total. The van der Waals surface area contributed by atoms with Gasteiger partial charge in [-0.2, -0.15) is 17.6 Å². The lowest BCUT2D eigenvalue weighted by Crippen LogP contribution is -2.43. The molecule has 2 aromatic heterocycles. The van der Waals surface area contributed by atoms with Gasteiger partial charge < -0.3 is 10.3 Å². The number of hydrogen-bond donors (Lipinski definition) is 2. The van der Waals surface area contributed by atoms with Crippen molar-refractivity contribution in [1.82, 2.24) is 19.9 Å². The van der Waals surface area contributed by atoms with Crippen LogP contribution >= 0.6 is 0 Å². The highest BCUT2D eigenvalue weighted by molar-refractivity contribution is 5.29. The predicted molar refractivity (Wildman–Crippen MR) is 59.9 cm³/mol. The molecule has 0 fully saturated rings. The molecule has 2 aromatic rings. The first-order chi connectivity index (χ1) is 9.31. The van der Waals surface area contributed by atoms with Crippen LogP contribution < -0.4 is 10.4 Å². The Morgan fingerprint density at radius 2 is 2.20 bits per heavy atom. The Labute approximate surface area is 111 Å². The third-order valence-electron chi connectivity index (χ3n) is 2.77. The second-order valence-corrected chi connectivity index (χ2v) is 4.27. The first-order valence-corrected chi connectivity index (χ1v) is 5.81. The van der Waals surface area contributed by atoms with Crippen molar-refractivity contribution in [3.63, 3.8) is 0 Å². The lowest BCUT2D eigenvalue weighted by atomic mass is 10.2. The number of rotatable bonds is 4. The predicted octanol–water partition coefficient (Wildman–Crippen LogP) is 1.18. The summed E-state index contributed by atoms with van der Waals surface area (Å²) in [5.41, 5.74) is 5.26. The maximum Gasteiger partial charge on any atom is 0.406 e. The summed E-state index contributed by atoms with van der Waals surface area (Å²) in [5.74, 6) is -0.665. The molecular formula is C10H13F4N6+. The van der Waals surface area contributed by atoms with E-state index in [1.54, 1.807) is 6.92 Å². The van der Waals surface area contributed by atoms with Crippen molar-refractivity contribution in [3.8, 4) is 0 Å². The molecule has 0 saturated carbocycles. The molecule has 0 radical (unpaired) electrons. The summed E-state index contributed by atoms with van der Waals surface area (Å²) in [6.07, 6.45) is -1.73. The van der Waals surface area contributed by atoms with Gasteiger partial charge >= 0.3 is 6.18 Å². The number of halogens is 4. The molecule has 0 aliphatic heterocycles. The van der Waals surface area contributed by atoms with Gasteiger partial charge in [-0.05, 0) is 0 Å². The number of nitrogens with one attached hydrogen (secondary N) is 1. The third kappa shape index (κ3) is 2.89. The number of nitrogens with two attached hydrogens (primary N) is 1. The van der Waals surface area contributed by atoms with E-state index in [2.05, 4.69) is 15.3 Å². The Morgan fingerprint density at radius 1 is 1.50 bits per heavy atom. The van der Waals surface area contributed by atoms with Crippen LogP contribution in [0.3, 0.4) is 0 Å². The van der Waals surface area contributed by atoms with Crippen LogP contribution in [0.4, 0.5) is 23.2 Å². The molecule has 0 amide bonds. The fourth-order valence-electron chi connectivity index (χ4n) is 1.93. The van der Waals surface area contributed by atoms with Crippen LogP contribution in [0, 0.1) is 5.95 Å². The molecule has 10 heteroatoms. The van der Waals surface area contributed by atoms with Gasteiger partial charge in [-0.25, -0.2) is 0 Å². The summed E-state index contributed by atoms with van der Waals surface area (Å²) in [6, 6.07) is -0.619. The Kier molecular flexibility index (Phi) is 3.64. The molecule has 110 valence electrons. The zero-order chi connectivity index (χ0) is 14.9. The van der Waals surface area contributed by atoms with E-state index >= 15 is 0 Å². The van der Waals surface area contributed by atoms with Gasteiger partial charge in [0.15, 0.2) is 5.69 Å². The molecule has 0 aliphatic rings. The quantitative estimate of drug-likeness (QED) is 0.656. The molecule has 20 heavy (non-hydrogen) atoms. The van der Waals surface area contributed by atoms with Gasteiger partial charge in [-0.1, -0.05) is 6.92 Å². The van der Waals surface area contributed by atoms with Gasteiger partial charge in [0.25, 0.3) is 5.95 Å². The molecule has 0 aromatic carbocycles. The van der Waals surface area contributed by atoms with E-state index in [1.807, 2.05) is 0 Å². The molecule has 0 unspecified atom stereocenters. The smallest absolute Gasteiger partial charge is 0.390 e. The molecule has 0 saturated heterocycles. The third-order valence-corrected chi connectivity index (χ3v) is 2.77. The second-order valence-electron chi connectivity index (χ2n) is 4.27. The summed E-state index contributed by atoms with van der Waals surface area (Å²) < 4.78 is 52.8. The summed E-state index contributed by atoms with van der Waals surface area (Å²) >= 11 is 0. The van der Waals surface area contributed by atoms with E-state index in [4.69, 9.17) is 5.73 Å². The topological polar surface area (TPSA) is 76.4 Å². The highest BCUT2D eigenvalue weighted by atomic mass is 19.4. The average Bonchev–Trinajstić information content (AvgIpc) is 2.87. The SMILES string of the molecule is CC[C@@H](c1nncn1CC(F)(F)F)[n+]1cc(N)c(F)[nH]1. The molecule has 2 rings (SSSR count). The lowest BCUT2D eigenvalue weighted by molar-refractivity contribution is -0.768. The minimum Gasteiger partial charge on any atom is -0.390 e. The lowest BCUT2D eigenvalue weighted by Gasteiger charge is -2.11. The highest BCUT2D eigenvalue weighted by Gasteiger charge is 2.34. The van der Waals surface area contributed by atoms with Crippen LogP contribution in [0.1, 0.15) is 25.2 Å². The van der Waals surface area contributed by atoms with Crippen LogP contribution in [0.15, 0.2) is 12.5 Å². The minimum absolute atomic E-state index is 0.0797. The van der Waals surface area contributed by atoms with Crippen LogP contribution in [0.25, 0.3) is 0 Å². The Hall–Kier alpha value is -2.13. The normalized spacial score (nSPS) is 13.7. The number of nitrogen functional groups attached to an aromatic ring is 1. The Bertz CT molecular complexity index is 567. The second kappa shape index (κ2) is 5.10. The van der Waals surface area contributed by atoms with Crippen LogP contribution in [-0.4, -0.2) is 26.0 Å². The number of H-pyrrole nitrogens is 1. The fraction of sp³-hybridized carbons (Fsp3) is 0.500. The van der Waals surface area contributed by atoms with Crippen molar-refractivity contribution < 1.29 is 22.2 Å². The molecule has 6 nitrogen and oxygen atoms in total. The van der Waals surface area contributed by atoms with Crippen molar-refractivity contribution in [2.24, 2.45) is 0 Å². The van der Waals surface area contributed by atoms with E-state index in [-0.39, 0.29) is 11.5 Å². The number of anilines is 1. The fourth-order valence-corrected chi connectivity index (χ4v) is 1.93. The summed E-state index contributed by atoms with van der Waals surface area (Å²) in [5, 5.41) is 9.52. The molecular weight excluding hydrogens is 280 g/mol. The van der Waals surface area contributed by atoms with Crippen LogP contribution in [0.2, 0.25) is 0 Å². The molecule has 0 spiro atoms. The van der Waals surface area contributed by atoms with Gasteiger partial charge in [0.1, 0.15) is 12.9 Å². The summed E-state index contributed by atoms with van der Waals surface area (Å²) in [6.45, 7) is 0.532. The minimum atomic E-state index is -4.39. The number of alkyl halides is 3. The van der Waals surface area contributed by atoms with Crippen molar-refractivity contribution in [2.45, 2.75) is 32.1 Å². The summed E-state index contributed by atoms with van der Waals surface area (Å²) in [4.78, 5) is 0. The molecule has 0 aliphatic carbocycles. The first kappa shape index (κ1) is 14.3. The maximum absolute atomic E-state index is 13.2. The van der Waals surface area contributed by atoms with Gasteiger partial charge in [0.2, 0.25) is 18.1 Å². The van der Waals surface area contributed by atoms with Crippen molar-refractivity contribution in [3.05, 3.63) is 24.3 Å². The Balaban J connectivity index is 2.35. The van der Waals surface area contributed by atoms with E-state index in [0.29, 0.717) is 6.42 Å².